The summed E-state index contributed by atoms with van der Waals surface area (Å²) < 4.78 is 5.30. The van der Waals surface area contributed by atoms with Gasteiger partial charge in [0, 0.05) is 32.8 Å². The van der Waals surface area contributed by atoms with Crippen molar-refractivity contribution in [1.82, 2.24) is 15.1 Å². The SMILES string of the molecule is CCCN(CCN(C)C)C(CNC)COC. The topological polar surface area (TPSA) is 27.7 Å². The van der Waals surface area contributed by atoms with Crippen LogP contribution < -0.4 is 5.32 Å². The molecule has 4 nitrogen and oxygen atoms in total. The van der Waals surface area contributed by atoms with E-state index in [4.69, 9.17) is 4.74 Å². The number of rotatable bonds is 10. The highest BCUT2D eigenvalue weighted by atomic mass is 16.5. The molecule has 0 rings (SSSR count). The van der Waals surface area contributed by atoms with Gasteiger partial charge in [0.15, 0.2) is 0 Å². The van der Waals surface area contributed by atoms with E-state index in [1.54, 1.807) is 7.11 Å². The lowest BCUT2D eigenvalue weighted by Crippen LogP contribution is -2.47. The quantitative estimate of drug-likeness (QED) is 0.592. The van der Waals surface area contributed by atoms with E-state index in [1.807, 2.05) is 7.05 Å². The Bertz CT molecular complexity index is 147. The van der Waals surface area contributed by atoms with Crippen LogP contribution in [0.4, 0.5) is 0 Å². The molecular formula is C12H29N3O. The molecule has 0 heterocycles. The predicted molar refractivity (Wildman–Crippen MR) is 70.0 cm³/mol. The van der Waals surface area contributed by atoms with Crippen LogP contribution in [0.15, 0.2) is 0 Å². The molecule has 0 aliphatic heterocycles. The maximum atomic E-state index is 5.30. The van der Waals surface area contributed by atoms with Gasteiger partial charge in [-0.1, -0.05) is 6.92 Å². The Morgan fingerprint density at radius 1 is 1.19 bits per heavy atom. The smallest absolute Gasteiger partial charge is 0.0630 e. The second-order valence-corrected chi connectivity index (χ2v) is 4.51. The van der Waals surface area contributed by atoms with Crippen molar-refractivity contribution in [2.45, 2.75) is 19.4 Å². The van der Waals surface area contributed by atoms with Gasteiger partial charge in [-0.25, -0.2) is 0 Å². The first-order chi connectivity index (χ1) is 7.65. The molecule has 1 unspecified atom stereocenters. The normalized spacial score (nSPS) is 13.7. The van der Waals surface area contributed by atoms with Crippen LogP contribution >= 0.6 is 0 Å². The minimum Gasteiger partial charge on any atom is -0.383 e. The van der Waals surface area contributed by atoms with Crippen molar-refractivity contribution in [3.8, 4) is 0 Å². The van der Waals surface area contributed by atoms with Crippen molar-refractivity contribution in [1.29, 1.82) is 0 Å². The zero-order valence-electron chi connectivity index (χ0n) is 11.6. The van der Waals surface area contributed by atoms with Crippen LogP contribution in [0.2, 0.25) is 0 Å². The Hall–Kier alpha value is -0.160. The molecule has 0 aromatic heterocycles. The lowest BCUT2D eigenvalue weighted by Gasteiger charge is -2.31. The Balaban J connectivity index is 4.19. The third-order valence-corrected chi connectivity index (χ3v) is 2.66. The highest BCUT2D eigenvalue weighted by molar-refractivity contribution is 4.73. The standard InChI is InChI=1S/C12H29N3O/c1-6-7-15(9-8-14(3)4)12(10-13-2)11-16-5/h12-13H,6-11H2,1-5H3. The largest absolute Gasteiger partial charge is 0.383 e. The summed E-state index contributed by atoms with van der Waals surface area (Å²) in [6.07, 6.45) is 1.19. The summed E-state index contributed by atoms with van der Waals surface area (Å²) >= 11 is 0. The van der Waals surface area contributed by atoms with Gasteiger partial charge in [-0.15, -0.1) is 0 Å². The van der Waals surface area contributed by atoms with Crippen molar-refractivity contribution in [3.63, 3.8) is 0 Å². The summed E-state index contributed by atoms with van der Waals surface area (Å²) in [6.45, 7) is 7.37. The van der Waals surface area contributed by atoms with E-state index >= 15 is 0 Å². The molecule has 0 saturated heterocycles. The first kappa shape index (κ1) is 15.8. The monoisotopic (exact) mass is 231 g/mol. The van der Waals surface area contributed by atoms with Crippen LogP contribution in [-0.2, 0) is 4.74 Å². The van der Waals surface area contributed by atoms with Crippen LogP contribution in [0.25, 0.3) is 0 Å². The van der Waals surface area contributed by atoms with E-state index in [2.05, 4.69) is 36.1 Å². The fraction of sp³-hybridized carbons (Fsp3) is 1.00. The highest BCUT2D eigenvalue weighted by Gasteiger charge is 2.16. The number of methoxy groups -OCH3 is 1. The molecule has 0 aromatic carbocycles. The Kier molecular flexibility index (Phi) is 9.92. The van der Waals surface area contributed by atoms with Crippen LogP contribution in [0.5, 0.6) is 0 Å². The van der Waals surface area contributed by atoms with Crippen LogP contribution in [0, 0.1) is 0 Å². The van der Waals surface area contributed by atoms with Gasteiger partial charge >= 0.3 is 0 Å². The molecule has 1 N–H and O–H groups in total. The molecule has 0 amide bonds. The van der Waals surface area contributed by atoms with Gasteiger partial charge in [0.2, 0.25) is 0 Å². The molecule has 0 aliphatic carbocycles. The number of nitrogens with one attached hydrogen (secondary N) is 1. The second-order valence-electron chi connectivity index (χ2n) is 4.51. The summed E-state index contributed by atoms with van der Waals surface area (Å²) in [6, 6.07) is 0.481. The maximum Gasteiger partial charge on any atom is 0.0630 e. The van der Waals surface area contributed by atoms with Gasteiger partial charge < -0.3 is 15.0 Å². The molecule has 98 valence electrons. The Labute approximate surface area is 101 Å². The summed E-state index contributed by atoms with van der Waals surface area (Å²) in [5.74, 6) is 0. The third-order valence-electron chi connectivity index (χ3n) is 2.66. The molecule has 16 heavy (non-hydrogen) atoms. The van der Waals surface area contributed by atoms with Gasteiger partial charge in [0.25, 0.3) is 0 Å². The van der Waals surface area contributed by atoms with Gasteiger partial charge in [-0.05, 0) is 34.1 Å². The number of hydrogen-bond acceptors (Lipinski definition) is 4. The minimum atomic E-state index is 0.481. The molecular weight excluding hydrogens is 202 g/mol. The molecule has 0 aromatic rings. The molecule has 1 atom stereocenters. The summed E-state index contributed by atoms with van der Waals surface area (Å²) in [4.78, 5) is 4.74. The number of ether oxygens (including phenoxy) is 1. The molecule has 0 saturated carbocycles. The fourth-order valence-electron chi connectivity index (χ4n) is 1.81. The average molecular weight is 231 g/mol. The van der Waals surface area contributed by atoms with Gasteiger partial charge in [0.1, 0.15) is 0 Å². The first-order valence-electron chi connectivity index (χ1n) is 6.18. The van der Waals surface area contributed by atoms with E-state index in [1.165, 1.54) is 6.42 Å². The molecule has 0 radical (unpaired) electrons. The van der Waals surface area contributed by atoms with E-state index in [9.17, 15) is 0 Å². The van der Waals surface area contributed by atoms with Crippen molar-refractivity contribution in [2.75, 3.05) is 61.0 Å². The van der Waals surface area contributed by atoms with Crippen molar-refractivity contribution >= 4 is 0 Å². The second kappa shape index (κ2) is 10.0. The van der Waals surface area contributed by atoms with E-state index in [-0.39, 0.29) is 0 Å². The van der Waals surface area contributed by atoms with Crippen LogP contribution in [0.3, 0.4) is 0 Å². The third kappa shape index (κ3) is 7.17. The zero-order valence-corrected chi connectivity index (χ0v) is 11.6. The summed E-state index contributed by atoms with van der Waals surface area (Å²) in [5.41, 5.74) is 0. The number of likely N-dealkylation sites (N-methyl/N-ethyl adjacent to an activating group) is 2. The van der Waals surface area contributed by atoms with Gasteiger partial charge in [-0.3, -0.25) is 4.90 Å². The number of nitrogens with zero attached hydrogens (tertiary/aromatic N) is 2. The number of hydrogen-bond donors (Lipinski definition) is 1. The lowest BCUT2D eigenvalue weighted by atomic mass is 10.2. The van der Waals surface area contributed by atoms with Crippen LogP contribution in [0.1, 0.15) is 13.3 Å². The van der Waals surface area contributed by atoms with Gasteiger partial charge in [-0.2, -0.15) is 0 Å². The Morgan fingerprint density at radius 3 is 2.31 bits per heavy atom. The molecule has 0 fully saturated rings. The summed E-state index contributed by atoms with van der Waals surface area (Å²) in [5, 5.41) is 3.24. The zero-order chi connectivity index (χ0) is 12.4. The fourth-order valence-corrected chi connectivity index (χ4v) is 1.81. The van der Waals surface area contributed by atoms with E-state index < -0.39 is 0 Å². The predicted octanol–water partition coefficient (Wildman–Crippen LogP) is 0.494. The van der Waals surface area contributed by atoms with Crippen molar-refractivity contribution in [3.05, 3.63) is 0 Å². The summed E-state index contributed by atoms with van der Waals surface area (Å²) in [7, 11) is 8.01. The van der Waals surface area contributed by atoms with Crippen LogP contribution in [-0.4, -0.2) is 76.9 Å². The molecule has 0 spiro atoms. The minimum absolute atomic E-state index is 0.481. The Morgan fingerprint density at radius 2 is 1.88 bits per heavy atom. The highest BCUT2D eigenvalue weighted by Crippen LogP contribution is 2.01. The maximum absolute atomic E-state index is 5.30. The molecule has 4 heteroatoms. The average Bonchev–Trinajstić information content (AvgIpc) is 2.24. The lowest BCUT2D eigenvalue weighted by molar-refractivity contribution is 0.0853. The first-order valence-corrected chi connectivity index (χ1v) is 6.18. The van der Waals surface area contributed by atoms with Crippen molar-refractivity contribution < 1.29 is 4.74 Å². The van der Waals surface area contributed by atoms with E-state index in [0.29, 0.717) is 6.04 Å². The van der Waals surface area contributed by atoms with Crippen molar-refractivity contribution in [2.24, 2.45) is 0 Å². The molecule has 0 bridgehead atoms. The van der Waals surface area contributed by atoms with Gasteiger partial charge in [0.05, 0.1) is 6.61 Å². The van der Waals surface area contributed by atoms with E-state index in [0.717, 1.165) is 32.8 Å². The molecule has 0 aliphatic rings.